The molecule has 2 unspecified atom stereocenters. The standard InChI is InChI=1S/C33H48N4O5S/c1-23(2)20-26(30(39)36-27(29(38)34-6)21-24-14-9-7-10-15-24)37-31(40)28(43-33(3,4)5)18-13-19-35-32(41)42-22-25-16-11-8-12-17-25/h7-12,14-17,23,26-28H,13,18-22H2,1-6H3,(H,34,38)(H,35,41)(H,36,39)(H,37,40)/t26?,27-,28?/m0/s1. The van der Waals surface area contributed by atoms with Gasteiger partial charge in [0.25, 0.3) is 0 Å². The minimum Gasteiger partial charge on any atom is -0.445 e. The second-order valence-corrected chi connectivity index (χ2v) is 13.9. The molecule has 0 bridgehead atoms. The third-order valence-corrected chi connectivity index (χ3v) is 7.86. The maximum atomic E-state index is 13.6. The lowest BCUT2D eigenvalue weighted by Crippen LogP contribution is -2.55. The highest BCUT2D eigenvalue weighted by molar-refractivity contribution is 8.01. The molecule has 10 heteroatoms. The van der Waals surface area contributed by atoms with Crippen LogP contribution in [0.5, 0.6) is 0 Å². The van der Waals surface area contributed by atoms with Crippen molar-refractivity contribution in [3.8, 4) is 0 Å². The van der Waals surface area contributed by atoms with Crippen LogP contribution in [0.1, 0.15) is 65.0 Å². The van der Waals surface area contributed by atoms with Gasteiger partial charge in [-0.25, -0.2) is 4.79 Å². The van der Waals surface area contributed by atoms with Crippen molar-refractivity contribution in [1.82, 2.24) is 21.3 Å². The first-order chi connectivity index (χ1) is 20.4. The smallest absolute Gasteiger partial charge is 0.407 e. The molecule has 2 aromatic rings. The molecular weight excluding hydrogens is 564 g/mol. The van der Waals surface area contributed by atoms with Crippen molar-refractivity contribution in [1.29, 1.82) is 0 Å². The number of carbonyl (C=O) groups excluding carboxylic acids is 4. The summed E-state index contributed by atoms with van der Waals surface area (Å²) in [6.07, 6.45) is 1.29. The van der Waals surface area contributed by atoms with E-state index in [9.17, 15) is 19.2 Å². The molecule has 0 saturated heterocycles. The van der Waals surface area contributed by atoms with E-state index in [4.69, 9.17) is 4.74 Å². The van der Waals surface area contributed by atoms with Crippen LogP contribution in [0.3, 0.4) is 0 Å². The summed E-state index contributed by atoms with van der Waals surface area (Å²) < 4.78 is 5.06. The summed E-state index contributed by atoms with van der Waals surface area (Å²) in [6.45, 7) is 10.6. The fourth-order valence-electron chi connectivity index (χ4n) is 4.40. The molecule has 0 aliphatic carbocycles. The zero-order valence-electron chi connectivity index (χ0n) is 26.3. The van der Waals surface area contributed by atoms with E-state index in [1.807, 2.05) is 95.3 Å². The van der Waals surface area contributed by atoms with Gasteiger partial charge in [0.05, 0.1) is 5.25 Å². The van der Waals surface area contributed by atoms with Crippen LogP contribution in [-0.2, 0) is 32.1 Å². The fraction of sp³-hybridized carbons (Fsp3) is 0.515. The Bertz CT molecular complexity index is 1150. The molecule has 43 heavy (non-hydrogen) atoms. The molecule has 236 valence electrons. The van der Waals surface area contributed by atoms with Crippen LogP contribution in [0.15, 0.2) is 60.7 Å². The van der Waals surface area contributed by atoms with Gasteiger partial charge in [-0.15, -0.1) is 11.8 Å². The number of likely N-dealkylation sites (N-methyl/N-ethyl adjacent to an activating group) is 1. The van der Waals surface area contributed by atoms with Crippen LogP contribution >= 0.6 is 11.8 Å². The average Bonchev–Trinajstić information content (AvgIpc) is 2.96. The van der Waals surface area contributed by atoms with E-state index in [2.05, 4.69) is 21.3 Å². The molecule has 3 atom stereocenters. The zero-order valence-corrected chi connectivity index (χ0v) is 27.1. The number of hydrogen-bond acceptors (Lipinski definition) is 6. The van der Waals surface area contributed by atoms with Crippen LogP contribution in [0.4, 0.5) is 4.79 Å². The van der Waals surface area contributed by atoms with E-state index in [-0.39, 0.29) is 29.1 Å². The van der Waals surface area contributed by atoms with Crippen LogP contribution in [0.25, 0.3) is 0 Å². The number of amides is 4. The lowest BCUT2D eigenvalue weighted by atomic mass is 10.0. The summed E-state index contributed by atoms with van der Waals surface area (Å²) in [6, 6.07) is 17.3. The van der Waals surface area contributed by atoms with Gasteiger partial charge >= 0.3 is 6.09 Å². The van der Waals surface area contributed by atoms with Crippen LogP contribution in [0, 0.1) is 5.92 Å². The maximum absolute atomic E-state index is 13.6. The molecule has 0 aliphatic heterocycles. The van der Waals surface area contributed by atoms with Gasteiger partial charge in [0, 0.05) is 24.8 Å². The fourth-order valence-corrected chi connectivity index (χ4v) is 5.71. The molecule has 0 aliphatic rings. The quantitative estimate of drug-likeness (QED) is 0.206. The molecule has 4 N–H and O–H groups in total. The maximum Gasteiger partial charge on any atom is 0.407 e. The first kappa shape index (κ1) is 35.7. The summed E-state index contributed by atoms with van der Waals surface area (Å²) >= 11 is 1.52. The zero-order chi connectivity index (χ0) is 31.8. The van der Waals surface area contributed by atoms with E-state index < -0.39 is 29.3 Å². The summed E-state index contributed by atoms with van der Waals surface area (Å²) in [5.74, 6) is -0.813. The molecule has 0 spiro atoms. The van der Waals surface area contributed by atoms with Crippen molar-refractivity contribution in [3.63, 3.8) is 0 Å². The SMILES string of the molecule is CNC(=O)[C@H](Cc1ccccc1)NC(=O)C(CC(C)C)NC(=O)C(CCCNC(=O)OCc1ccccc1)SC(C)(C)C. The third-order valence-electron chi connectivity index (χ3n) is 6.42. The van der Waals surface area contributed by atoms with E-state index in [1.54, 1.807) is 0 Å². The minimum atomic E-state index is -0.801. The summed E-state index contributed by atoms with van der Waals surface area (Å²) in [5.41, 5.74) is 1.82. The third kappa shape index (κ3) is 14.5. The Morgan fingerprint density at radius 2 is 1.40 bits per heavy atom. The number of alkyl carbamates (subject to hydrolysis) is 1. The van der Waals surface area contributed by atoms with Crippen LogP contribution < -0.4 is 21.3 Å². The summed E-state index contributed by atoms with van der Waals surface area (Å²) in [7, 11) is 1.53. The minimum absolute atomic E-state index is 0.128. The molecular formula is C33H48N4O5S. The second-order valence-electron chi connectivity index (χ2n) is 11.9. The molecule has 9 nitrogen and oxygen atoms in total. The van der Waals surface area contributed by atoms with E-state index >= 15 is 0 Å². The topological polar surface area (TPSA) is 126 Å². The predicted molar refractivity (Wildman–Crippen MR) is 173 cm³/mol. The number of hydrogen-bond donors (Lipinski definition) is 4. The number of rotatable bonds is 16. The number of nitrogens with one attached hydrogen (secondary N) is 4. The Kier molecular flexibility index (Phi) is 15.1. The van der Waals surface area contributed by atoms with Crippen LogP contribution in [-0.4, -0.2) is 59.5 Å². The van der Waals surface area contributed by atoms with Crippen molar-refractivity contribution >= 4 is 35.6 Å². The molecule has 2 aromatic carbocycles. The van der Waals surface area contributed by atoms with Gasteiger partial charge in [0.2, 0.25) is 17.7 Å². The molecule has 0 fully saturated rings. The molecule has 0 heterocycles. The van der Waals surface area contributed by atoms with Crippen molar-refractivity contribution in [2.24, 2.45) is 5.92 Å². The van der Waals surface area contributed by atoms with E-state index in [1.165, 1.54) is 18.8 Å². The lowest BCUT2D eigenvalue weighted by Gasteiger charge is -2.28. The Balaban J connectivity index is 2.01. The van der Waals surface area contributed by atoms with Crippen LogP contribution in [0.2, 0.25) is 0 Å². The van der Waals surface area contributed by atoms with Gasteiger partial charge in [-0.05, 0) is 36.3 Å². The number of thioether (sulfide) groups is 1. The monoisotopic (exact) mass is 612 g/mol. The largest absolute Gasteiger partial charge is 0.445 e. The second kappa shape index (κ2) is 18.2. The number of benzene rings is 2. The summed E-state index contributed by atoms with van der Waals surface area (Å²) in [4.78, 5) is 51.8. The molecule has 4 amide bonds. The van der Waals surface area contributed by atoms with Gasteiger partial charge in [0.15, 0.2) is 0 Å². The Morgan fingerprint density at radius 3 is 1.95 bits per heavy atom. The van der Waals surface area contributed by atoms with E-state index in [0.29, 0.717) is 32.2 Å². The van der Waals surface area contributed by atoms with Gasteiger partial charge in [0.1, 0.15) is 18.7 Å². The number of carbonyl (C=O) groups is 4. The molecule has 0 saturated carbocycles. The predicted octanol–water partition coefficient (Wildman–Crippen LogP) is 4.60. The first-order valence-corrected chi connectivity index (χ1v) is 15.7. The van der Waals surface area contributed by atoms with Gasteiger partial charge in [-0.2, -0.15) is 0 Å². The number of ether oxygens (including phenoxy) is 1. The Hall–Kier alpha value is -3.53. The van der Waals surface area contributed by atoms with Gasteiger partial charge in [-0.1, -0.05) is 95.3 Å². The van der Waals surface area contributed by atoms with Gasteiger partial charge < -0.3 is 26.0 Å². The lowest BCUT2D eigenvalue weighted by molar-refractivity contribution is -0.132. The highest BCUT2D eigenvalue weighted by Gasteiger charge is 2.31. The average molecular weight is 613 g/mol. The Morgan fingerprint density at radius 1 is 0.814 bits per heavy atom. The first-order valence-electron chi connectivity index (χ1n) is 14.9. The van der Waals surface area contributed by atoms with E-state index in [0.717, 1.165) is 11.1 Å². The molecule has 0 aromatic heterocycles. The van der Waals surface area contributed by atoms with Crippen molar-refractivity contribution < 1.29 is 23.9 Å². The highest BCUT2D eigenvalue weighted by Crippen LogP contribution is 2.31. The van der Waals surface area contributed by atoms with Crippen molar-refractivity contribution in [2.75, 3.05) is 13.6 Å². The van der Waals surface area contributed by atoms with Gasteiger partial charge in [-0.3, -0.25) is 14.4 Å². The summed E-state index contributed by atoms with van der Waals surface area (Å²) in [5, 5.41) is 10.8. The van der Waals surface area contributed by atoms with Crippen molar-refractivity contribution in [3.05, 3.63) is 71.8 Å². The Labute approximate surface area is 260 Å². The highest BCUT2D eigenvalue weighted by atomic mass is 32.2. The molecule has 0 radical (unpaired) electrons. The normalized spacial score (nSPS) is 13.4. The van der Waals surface area contributed by atoms with Crippen molar-refractivity contribution in [2.45, 2.75) is 89.0 Å². The molecule has 2 rings (SSSR count).